The Bertz CT molecular complexity index is 616. The molecule has 0 spiro atoms. The molecule has 8 heteroatoms. The van der Waals surface area contributed by atoms with Crippen LogP contribution in [0.3, 0.4) is 0 Å². The Morgan fingerprint density at radius 1 is 1.36 bits per heavy atom. The number of hydrogen-bond donors (Lipinski definition) is 1. The van der Waals surface area contributed by atoms with Crippen molar-refractivity contribution in [1.29, 1.82) is 0 Å². The Balaban J connectivity index is 1.80. The molecule has 1 N–H and O–H groups in total. The van der Waals surface area contributed by atoms with Crippen molar-refractivity contribution in [2.75, 3.05) is 13.2 Å². The minimum Gasteiger partial charge on any atom is -0.484 e. The molecule has 1 aromatic carbocycles. The van der Waals surface area contributed by atoms with Gasteiger partial charge in [-0.3, -0.25) is 10.1 Å². The summed E-state index contributed by atoms with van der Waals surface area (Å²) in [6.45, 7) is -0.0545. The predicted octanol–water partition coefficient (Wildman–Crippen LogP) is 2.28. The second-order valence-corrected chi connectivity index (χ2v) is 4.43. The number of aliphatic hydroxyl groups excluding tert-OH is 1. The highest BCUT2D eigenvalue weighted by Crippen LogP contribution is 2.27. The van der Waals surface area contributed by atoms with E-state index in [-0.39, 0.29) is 25.6 Å². The summed E-state index contributed by atoms with van der Waals surface area (Å²) in [6, 6.07) is 6.39. The van der Waals surface area contributed by atoms with Crippen molar-refractivity contribution < 1.29 is 28.3 Å². The van der Waals surface area contributed by atoms with Crippen LogP contribution in [0, 0.1) is 15.9 Å². The number of nitro benzene ring substituents is 1. The first kappa shape index (κ1) is 15.9. The number of halogens is 1. The van der Waals surface area contributed by atoms with Crippen LogP contribution in [0.15, 0.2) is 41.0 Å². The van der Waals surface area contributed by atoms with Gasteiger partial charge in [-0.25, -0.2) is 4.39 Å². The van der Waals surface area contributed by atoms with Crippen LogP contribution in [0.2, 0.25) is 0 Å². The Labute approximate surface area is 125 Å². The SMILES string of the molecule is O=[N+]([O-])c1cc(F)ccc1OCC(O)COCc1ccco1. The fourth-order valence-electron chi connectivity index (χ4n) is 1.68. The fraction of sp³-hybridized carbons (Fsp3) is 0.286. The average Bonchev–Trinajstić information content (AvgIpc) is 2.99. The van der Waals surface area contributed by atoms with Crippen LogP contribution in [-0.4, -0.2) is 29.3 Å². The molecule has 0 radical (unpaired) electrons. The lowest BCUT2D eigenvalue weighted by atomic mass is 10.3. The molecule has 0 saturated heterocycles. The van der Waals surface area contributed by atoms with Crippen LogP contribution >= 0.6 is 0 Å². The van der Waals surface area contributed by atoms with Gasteiger partial charge < -0.3 is 19.0 Å². The molecule has 1 unspecified atom stereocenters. The van der Waals surface area contributed by atoms with Crippen molar-refractivity contribution in [3.05, 3.63) is 58.3 Å². The molecule has 1 atom stereocenters. The summed E-state index contributed by atoms with van der Waals surface area (Å²) in [5, 5.41) is 20.5. The minimum atomic E-state index is -0.986. The molecular weight excluding hydrogens is 297 g/mol. The summed E-state index contributed by atoms with van der Waals surface area (Å²) in [4.78, 5) is 10.0. The summed E-state index contributed by atoms with van der Waals surface area (Å²) in [7, 11) is 0. The summed E-state index contributed by atoms with van der Waals surface area (Å²) in [6.07, 6.45) is 0.519. The largest absolute Gasteiger partial charge is 0.484 e. The van der Waals surface area contributed by atoms with E-state index >= 15 is 0 Å². The van der Waals surface area contributed by atoms with Crippen molar-refractivity contribution in [3.8, 4) is 5.75 Å². The third-order valence-corrected chi connectivity index (χ3v) is 2.68. The van der Waals surface area contributed by atoms with Gasteiger partial charge >= 0.3 is 5.69 Å². The van der Waals surface area contributed by atoms with Crippen LogP contribution in [-0.2, 0) is 11.3 Å². The van der Waals surface area contributed by atoms with Gasteiger partial charge in [-0.2, -0.15) is 0 Å². The van der Waals surface area contributed by atoms with Crippen LogP contribution in [0.25, 0.3) is 0 Å². The van der Waals surface area contributed by atoms with Crippen LogP contribution < -0.4 is 4.74 Å². The Hall–Kier alpha value is -2.45. The van der Waals surface area contributed by atoms with Crippen LogP contribution in [0.1, 0.15) is 5.76 Å². The fourth-order valence-corrected chi connectivity index (χ4v) is 1.68. The van der Waals surface area contributed by atoms with E-state index in [9.17, 15) is 19.6 Å². The van der Waals surface area contributed by atoms with Crippen molar-refractivity contribution >= 4 is 5.69 Å². The molecule has 118 valence electrons. The first-order valence-electron chi connectivity index (χ1n) is 6.41. The first-order chi connectivity index (χ1) is 10.6. The molecule has 0 aliphatic carbocycles. The zero-order valence-electron chi connectivity index (χ0n) is 11.5. The number of rotatable bonds is 8. The third-order valence-electron chi connectivity index (χ3n) is 2.68. The lowest BCUT2D eigenvalue weighted by Crippen LogP contribution is -2.23. The predicted molar refractivity (Wildman–Crippen MR) is 72.9 cm³/mol. The monoisotopic (exact) mass is 311 g/mol. The summed E-state index contributed by atoms with van der Waals surface area (Å²) < 4.78 is 28.4. The molecular formula is C14H14FNO6. The second kappa shape index (κ2) is 7.53. The second-order valence-electron chi connectivity index (χ2n) is 4.43. The maximum atomic E-state index is 13.0. The molecule has 0 fully saturated rings. The number of hydrogen-bond acceptors (Lipinski definition) is 6. The van der Waals surface area contributed by atoms with Gasteiger partial charge in [0.15, 0.2) is 5.75 Å². The quantitative estimate of drug-likeness (QED) is 0.593. The van der Waals surface area contributed by atoms with Crippen LogP contribution in [0.4, 0.5) is 10.1 Å². The summed E-state index contributed by atoms with van der Waals surface area (Å²) >= 11 is 0. The topological polar surface area (TPSA) is 95.0 Å². The van der Waals surface area contributed by atoms with Crippen LogP contribution in [0.5, 0.6) is 5.75 Å². The minimum absolute atomic E-state index is 0.0321. The number of furan rings is 1. The molecule has 1 aromatic heterocycles. The highest BCUT2D eigenvalue weighted by atomic mass is 19.1. The number of nitro groups is 1. The molecule has 2 aromatic rings. The molecule has 0 aliphatic rings. The Morgan fingerprint density at radius 3 is 2.86 bits per heavy atom. The van der Waals surface area contributed by atoms with Gasteiger partial charge in [-0.15, -0.1) is 0 Å². The molecule has 22 heavy (non-hydrogen) atoms. The number of ether oxygens (including phenoxy) is 2. The molecule has 0 bridgehead atoms. The van der Waals surface area contributed by atoms with E-state index in [4.69, 9.17) is 13.9 Å². The highest BCUT2D eigenvalue weighted by molar-refractivity contribution is 5.46. The lowest BCUT2D eigenvalue weighted by molar-refractivity contribution is -0.386. The van der Waals surface area contributed by atoms with Gasteiger partial charge in [-0.1, -0.05) is 0 Å². The number of benzene rings is 1. The van der Waals surface area contributed by atoms with E-state index in [1.165, 1.54) is 6.26 Å². The number of nitrogens with zero attached hydrogens (tertiary/aromatic N) is 1. The average molecular weight is 311 g/mol. The zero-order valence-corrected chi connectivity index (χ0v) is 11.5. The maximum Gasteiger partial charge on any atom is 0.313 e. The van der Waals surface area contributed by atoms with E-state index in [0.29, 0.717) is 5.76 Å². The smallest absolute Gasteiger partial charge is 0.313 e. The Kier molecular flexibility index (Phi) is 5.45. The number of aliphatic hydroxyl groups is 1. The molecule has 2 rings (SSSR count). The van der Waals surface area contributed by atoms with Gasteiger partial charge in [0, 0.05) is 0 Å². The van der Waals surface area contributed by atoms with Gasteiger partial charge in [-0.05, 0) is 24.3 Å². The van der Waals surface area contributed by atoms with E-state index in [1.54, 1.807) is 12.1 Å². The first-order valence-corrected chi connectivity index (χ1v) is 6.41. The van der Waals surface area contributed by atoms with E-state index in [0.717, 1.165) is 18.2 Å². The zero-order chi connectivity index (χ0) is 15.9. The molecule has 1 heterocycles. The third kappa shape index (κ3) is 4.54. The lowest BCUT2D eigenvalue weighted by Gasteiger charge is -2.12. The molecule has 0 saturated carbocycles. The highest BCUT2D eigenvalue weighted by Gasteiger charge is 2.17. The molecule has 0 aliphatic heterocycles. The van der Waals surface area contributed by atoms with E-state index in [2.05, 4.69) is 0 Å². The summed E-state index contributed by atoms with van der Waals surface area (Å²) in [5.41, 5.74) is -0.497. The van der Waals surface area contributed by atoms with E-state index < -0.39 is 22.5 Å². The summed E-state index contributed by atoms with van der Waals surface area (Å²) in [5.74, 6) is -0.236. The Morgan fingerprint density at radius 2 is 2.18 bits per heavy atom. The van der Waals surface area contributed by atoms with Gasteiger partial charge in [0.1, 0.15) is 30.9 Å². The van der Waals surface area contributed by atoms with Crippen molar-refractivity contribution in [2.24, 2.45) is 0 Å². The van der Waals surface area contributed by atoms with Gasteiger partial charge in [0.2, 0.25) is 0 Å². The normalized spacial score (nSPS) is 12.1. The van der Waals surface area contributed by atoms with E-state index in [1.807, 2.05) is 0 Å². The molecule has 7 nitrogen and oxygen atoms in total. The standard InChI is InChI=1S/C14H14FNO6/c15-10-3-4-14(13(6-10)16(18)19)22-8-11(17)7-20-9-12-2-1-5-21-12/h1-6,11,17H,7-9H2. The van der Waals surface area contributed by atoms with Crippen molar-refractivity contribution in [2.45, 2.75) is 12.7 Å². The van der Waals surface area contributed by atoms with Crippen molar-refractivity contribution in [3.63, 3.8) is 0 Å². The maximum absolute atomic E-state index is 13.0. The van der Waals surface area contributed by atoms with Crippen molar-refractivity contribution in [1.82, 2.24) is 0 Å². The van der Waals surface area contributed by atoms with Gasteiger partial charge in [0.05, 0.1) is 23.9 Å². The van der Waals surface area contributed by atoms with Gasteiger partial charge in [0.25, 0.3) is 0 Å². The molecule has 0 amide bonds.